The van der Waals surface area contributed by atoms with E-state index >= 15 is 0 Å². The lowest BCUT2D eigenvalue weighted by Gasteiger charge is -2.21. The SMILES string of the molecule is CCCCCN(C)C(=O)C(=O)OC(C)(C)C. The highest BCUT2D eigenvalue weighted by Crippen LogP contribution is 2.08. The van der Waals surface area contributed by atoms with Crippen LogP contribution in [-0.2, 0) is 14.3 Å². The number of ether oxygens (including phenoxy) is 1. The number of likely N-dealkylation sites (N-methyl/N-ethyl adjacent to an activating group) is 1. The molecule has 1 amide bonds. The summed E-state index contributed by atoms with van der Waals surface area (Å²) in [6.45, 7) is 7.93. The van der Waals surface area contributed by atoms with Gasteiger partial charge in [0.05, 0.1) is 0 Å². The van der Waals surface area contributed by atoms with E-state index in [0.717, 1.165) is 19.3 Å². The molecule has 0 unspecified atom stereocenters. The molecule has 0 N–H and O–H groups in total. The van der Waals surface area contributed by atoms with E-state index in [-0.39, 0.29) is 0 Å². The Morgan fingerprint density at radius 1 is 1.19 bits per heavy atom. The molecule has 0 aliphatic rings. The van der Waals surface area contributed by atoms with E-state index in [9.17, 15) is 9.59 Å². The first-order chi connectivity index (χ1) is 7.28. The van der Waals surface area contributed by atoms with Gasteiger partial charge in [0.1, 0.15) is 5.60 Å². The molecule has 0 atom stereocenters. The highest BCUT2D eigenvalue weighted by molar-refractivity contribution is 6.32. The molecule has 0 fully saturated rings. The van der Waals surface area contributed by atoms with Crippen LogP contribution in [0.4, 0.5) is 0 Å². The Labute approximate surface area is 98.0 Å². The molecule has 0 aliphatic heterocycles. The highest BCUT2D eigenvalue weighted by Gasteiger charge is 2.25. The fourth-order valence-electron chi connectivity index (χ4n) is 1.18. The second-order valence-corrected chi connectivity index (χ2v) is 4.94. The molecular weight excluding hydrogens is 206 g/mol. The van der Waals surface area contributed by atoms with E-state index in [1.807, 2.05) is 0 Å². The van der Waals surface area contributed by atoms with Crippen molar-refractivity contribution in [3.63, 3.8) is 0 Å². The van der Waals surface area contributed by atoms with Gasteiger partial charge in [0.2, 0.25) is 0 Å². The third-order valence-corrected chi connectivity index (χ3v) is 2.02. The average Bonchev–Trinajstić information content (AvgIpc) is 2.14. The summed E-state index contributed by atoms with van der Waals surface area (Å²) in [4.78, 5) is 24.4. The first-order valence-corrected chi connectivity index (χ1v) is 5.76. The molecule has 16 heavy (non-hydrogen) atoms. The number of unbranched alkanes of at least 4 members (excludes halogenated alkanes) is 2. The van der Waals surface area contributed by atoms with Gasteiger partial charge < -0.3 is 9.64 Å². The molecule has 0 aromatic heterocycles. The lowest BCUT2D eigenvalue weighted by molar-refractivity contribution is -0.167. The number of nitrogens with zero attached hydrogens (tertiary/aromatic N) is 1. The summed E-state index contributed by atoms with van der Waals surface area (Å²) < 4.78 is 5.00. The van der Waals surface area contributed by atoms with Crippen LogP contribution in [0.15, 0.2) is 0 Å². The Bertz CT molecular complexity index is 243. The van der Waals surface area contributed by atoms with E-state index in [2.05, 4.69) is 6.92 Å². The van der Waals surface area contributed by atoms with Crippen molar-refractivity contribution in [2.45, 2.75) is 52.6 Å². The number of hydrogen-bond acceptors (Lipinski definition) is 3. The first kappa shape index (κ1) is 14.9. The lowest BCUT2D eigenvalue weighted by atomic mass is 10.2. The zero-order chi connectivity index (χ0) is 12.8. The molecule has 4 heteroatoms. The Morgan fingerprint density at radius 3 is 2.19 bits per heavy atom. The molecular formula is C12H23NO3. The van der Waals surface area contributed by atoms with Gasteiger partial charge in [-0.1, -0.05) is 19.8 Å². The van der Waals surface area contributed by atoms with Gasteiger partial charge in [-0.15, -0.1) is 0 Å². The molecule has 4 nitrogen and oxygen atoms in total. The van der Waals surface area contributed by atoms with E-state index < -0.39 is 17.5 Å². The number of carbonyl (C=O) groups is 2. The Balaban J connectivity index is 4.07. The van der Waals surface area contributed by atoms with Gasteiger partial charge >= 0.3 is 11.9 Å². The standard InChI is InChI=1S/C12H23NO3/c1-6-7-8-9-13(5)10(14)11(15)16-12(2,3)4/h6-9H2,1-5H3. The second-order valence-electron chi connectivity index (χ2n) is 4.94. The fraction of sp³-hybridized carbons (Fsp3) is 0.833. The van der Waals surface area contributed by atoms with Crippen LogP contribution in [0.2, 0.25) is 0 Å². The number of carbonyl (C=O) groups excluding carboxylic acids is 2. The van der Waals surface area contributed by atoms with Crippen LogP contribution >= 0.6 is 0 Å². The number of amides is 1. The molecule has 0 saturated heterocycles. The minimum Gasteiger partial charge on any atom is -0.453 e. The van der Waals surface area contributed by atoms with Crippen molar-refractivity contribution in [3.05, 3.63) is 0 Å². The van der Waals surface area contributed by atoms with Crippen molar-refractivity contribution in [1.82, 2.24) is 4.90 Å². The van der Waals surface area contributed by atoms with Gasteiger partial charge in [-0.2, -0.15) is 0 Å². The summed E-state index contributed by atoms with van der Waals surface area (Å²) in [7, 11) is 1.63. The summed E-state index contributed by atoms with van der Waals surface area (Å²) in [5, 5.41) is 0. The minimum absolute atomic E-state index is 0.564. The van der Waals surface area contributed by atoms with Crippen LogP contribution in [0.25, 0.3) is 0 Å². The molecule has 0 heterocycles. The van der Waals surface area contributed by atoms with Crippen molar-refractivity contribution in [2.24, 2.45) is 0 Å². The zero-order valence-electron chi connectivity index (χ0n) is 11.0. The maximum atomic E-state index is 11.6. The first-order valence-electron chi connectivity index (χ1n) is 5.76. The fourth-order valence-corrected chi connectivity index (χ4v) is 1.18. The summed E-state index contributed by atoms with van der Waals surface area (Å²) in [5.41, 5.74) is -0.614. The Kier molecular flexibility index (Phi) is 6.08. The number of rotatable bonds is 4. The maximum absolute atomic E-state index is 11.6. The van der Waals surface area contributed by atoms with Gasteiger partial charge in [0, 0.05) is 13.6 Å². The number of esters is 1. The van der Waals surface area contributed by atoms with Crippen molar-refractivity contribution >= 4 is 11.9 Å². The molecule has 0 rings (SSSR count). The highest BCUT2D eigenvalue weighted by atomic mass is 16.6. The van der Waals surface area contributed by atoms with Gasteiger partial charge in [-0.05, 0) is 27.2 Å². The molecule has 94 valence electrons. The predicted octanol–water partition coefficient (Wildman–Crippen LogP) is 1.98. The van der Waals surface area contributed by atoms with E-state index in [1.54, 1.807) is 27.8 Å². The zero-order valence-corrected chi connectivity index (χ0v) is 11.0. The largest absolute Gasteiger partial charge is 0.453 e. The maximum Gasteiger partial charge on any atom is 0.397 e. The van der Waals surface area contributed by atoms with Gasteiger partial charge in [0.15, 0.2) is 0 Å². The summed E-state index contributed by atoms with van der Waals surface area (Å²) in [6, 6.07) is 0. The quantitative estimate of drug-likeness (QED) is 0.420. The van der Waals surface area contributed by atoms with Crippen molar-refractivity contribution in [1.29, 1.82) is 0 Å². The van der Waals surface area contributed by atoms with Crippen LogP contribution < -0.4 is 0 Å². The van der Waals surface area contributed by atoms with Gasteiger partial charge in [-0.25, -0.2) is 4.79 Å². The van der Waals surface area contributed by atoms with E-state index in [0.29, 0.717) is 6.54 Å². The van der Waals surface area contributed by atoms with Crippen molar-refractivity contribution < 1.29 is 14.3 Å². The summed E-state index contributed by atoms with van der Waals surface area (Å²) >= 11 is 0. The van der Waals surface area contributed by atoms with Crippen LogP contribution in [0.1, 0.15) is 47.0 Å². The summed E-state index contributed by atoms with van der Waals surface area (Å²) in [5.74, 6) is -1.34. The lowest BCUT2D eigenvalue weighted by Crippen LogP contribution is -2.38. The molecule has 0 bridgehead atoms. The molecule has 0 spiro atoms. The third-order valence-electron chi connectivity index (χ3n) is 2.02. The van der Waals surface area contributed by atoms with Crippen molar-refractivity contribution in [2.75, 3.05) is 13.6 Å². The summed E-state index contributed by atoms with van der Waals surface area (Å²) in [6.07, 6.45) is 3.07. The van der Waals surface area contributed by atoms with Crippen LogP contribution in [0, 0.1) is 0 Å². The van der Waals surface area contributed by atoms with Crippen LogP contribution in [0.5, 0.6) is 0 Å². The Morgan fingerprint density at radius 2 is 1.75 bits per heavy atom. The third kappa shape index (κ3) is 6.43. The second kappa shape index (κ2) is 6.51. The average molecular weight is 229 g/mol. The molecule has 0 aliphatic carbocycles. The smallest absolute Gasteiger partial charge is 0.397 e. The Hall–Kier alpha value is -1.06. The van der Waals surface area contributed by atoms with E-state index in [1.165, 1.54) is 4.90 Å². The monoisotopic (exact) mass is 229 g/mol. The normalized spacial score (nSPS) is 11.1. The van der Waals surface area contributed by atoms with Gasteiger partial charge in [-0.3, -0.25) is 4.79 Å². The molecule has 0 aromatic rings. The van der Waals surface area contributed by atoms with E-state index in [4.69, 9.17) is 4.74 Å². The molecule has 0 saturated carbocycles. The predicted molar refractivity (Wildman–Crippen MR) is 63.0 cm³/mol. The van der Waals surface area contributed by atoms with Crippen molar-refractivity contribution in [3.8, 4) is 0 Å². The topological polar surface area (TPSA) is 46.6 Å². The number of hydrogen-bond donors (Lipinski definition) is 0. The van der Waals surface area contributed by atoms with Crippen LogP contribution in [-0.4, -0.2) is 36.0 Å². The van der Waals surface area contributed by atoms with Crippen LogP contribution in [0.3, 0.4) is 0 Å². The molecule has 0 aromatic carbocycles. The minimum atomic E-state index is -0.772. The molecule has 0 radical (unpaired) electrons. The van der Waals surface area contributed by atoms with Gasteiger partial charge in [0.25, 0.3) is 0 Å².